The molecule has 0 aliphatic heterocycles. The fourth-order valence-electron chi connectivity index (χ4n) is 1.32. The number of amides is 2. The predicted molar refractivity (Wildman–Crippen MR) is 62.5 cm³/mol. The maximum absolute atomic E-state index is 13.3. The van der Waals surface area contributed by atoms with Gasteiger partial charge in [-0.3, -0.25) is 0 Å². The first-order valence-electron chi connectivity index (χ1n) is 5.13. The monoisotopic (exact) mass is 286 g/mol. The highest BCUT2D eigenvalue weighted by atomic mass is 79.9. The van der Waals surface area contributed by atoms with Crippen LogP contribution in [0, 0.1) is 5.82 Å². The highest BCUT2D eigenvalue weighted by Gasteiger charge is 2.22. The van der Waals surface area contributed by atoms with E-state index in [-0.39, 0.29) is 18.4 Å². The van der Waals surface area contributed by atoms with E-state index in [1.807, 2.05) is 0 Å². The van der Waals surface area contributed by atoms with Crippen molar-refractivity contribution < 1.29 is 9.18 Å². The second-order valence-electron chi connectivity index (χ2n) is 3.84. The number of halogens is 2. The minimum absolute atomic E-state index is 0.198. The van der Waals surface area contributed by atoms with Crippen molar-refractivity contribution in [1.82, 2.24) is 10.6 Å². The molecule has 0 atom stereocenters. The third kappa shape index (κ3) is 3.20. The lowest BCUT2D eigenvalue weighted by molar-refractivity contribution is 0.240. The van der Waals surface area contributed by atoms with E-state index >= 15 is 0 Å². The van der Waals surface area contributed by atoms with E-state index in [4.69, 9.17) is 0 Å². The van der Waals surface area contributed by atoms with E-state index < -0.39 is 0 Å². The van der Waals surface area contributed by atoms with Crippen LogP contribution in [-0.4, -0.2) is 12.1 Å². The third-order valence-electron chi connectivity index (χ3n) is 2.36. The molecule has 86 valence electrons. The lowest BCUT2D eigenvalue weighted by atomic mass is 10.2. The molecule has 16 heavy (non-hydrogen) atoms. The van der Waals surface area contributed by atoms with Crippen molar-refractivity contribution in [1.29, 1.82) is 0 Å². The Hall–Kier alpha value is -1.10. The minimum atomic E-state index is -0.310. The van der Waals surface area contributed by atoms with Gasteiger partial charge in [-0.2, -0.15) is 0 Å². The van der Waals surface area contributed by atoms with E-state index in [1.165, 1.54) is 6.07 Å². The normalized spacial score (nSPS) is 14.6. The van der Waals surface area contributed by atoms with Crippen molar-refractivity contribution in [2.24, 2.45) is 0 Å². The van der Waals surface area contributed by atoms with Gasteiger partial charge >= 0.3 is 6.03 Å². The highest BCUT2D eigenvalue weighted by molar-refractivity contribution is 9.10. The predicted octanol–water partition coefficient (Wildman–Crippen LogP) is 2.55. The molecule has 2 amide bonds. The maximum Gasteiger partial charge on any atom is 0.315 e. The van der Waals surface area contributed by atoms with Crippen LogP contribution < -0.4 is 10.6 Å². The van der Waals surface area contributed by atoms with Crippen molar-refractivity contribution in [3.05, 3.63) is 34.1 Å². The summed E-state index contributed by atoms with van der Waals surface area (Å²) in [6.07, 6.45) is 2.08. The average Bonchev–Trinajstić information content (AvgIpc) is 3.03. The van der Waals surface area contributed by atoms with Crippen LogP contribution in [0.2, 0.25) is 0 Å². The third-order valence-corrected chi connectivity index (χ3v) is 2.85. The molecule has 2 rings (SSSR count). The van der Waals surface area contributed by atoms with Gasteiger partial charge in [0.15, 0.2) is 0 Å². The molecular formula is C11H12BrFN2O. The zero-order chi connectivity index (χ0) is 11.5. The van der Waals surface area contributed by atoms with Gasteiger partial charge in [0, 0.05) is 22.6 Å². The van der Waals surface area contributed by atoms with Crippen molar-refractivity contribution in [2.75, 3.05) is 0 Å². The van der Waals surface area contributed by atoms with Gasteiger partial charge in [-0.25, -0.2) is 9.18 Å². The van der Waals surface area contributed by atoms with Crippen LogP contribution in [0.3, 0.4) is 0 Å². The molecule has 1 saturated carbocycles. The minimum Gasteiger partial charge on any atom is -0.335 e. The van der Waals surface area contributed by atoms with Crippen LogP contribution in [-0.2, 0) is 6.54 Å². The van der Waals surface area contributed by atoms with Crippen molar-refractivity contribution in [3.63, 3.8) is 0 Å². The van der Waals surface area contributed by atoms with Crippen LogP contribution in [0.25, 0.3) is 0 Å². The first-order chi connectivity index (χ1) is 7.65. The zero-order valence-corrected chi connectivity index (χ0v) is 10.2. The highest BCUT2D eigenvalue weighted by Crippen LogP contribution is 2.18. The second kappa shape index (κ2) is 4.82. The van der Waals surface area contributed by atoms with Gasteiger partial charge in [0.1, 0.15) is 5.82 Å². The maximum atomic E-state index is 13.3. The van der Waals surface area contributed by atoms with E-state index in [0.717, 1.165) is 17.3 Å². The summed E-state index contributed by atoms with van der Waals surface area (Å²) in [6, 6.07) is 4.74. The number of urea groups is 1. The largest absolute Gasteiger partial charge is 0.335 e. The van der Waals surface area contributed by atoms with E-state index in [0.29, 0.717) is 11.6 Å². The molecule has 2 N–H and O–H groups in total. The Morgan fingerprint density at radius 1 is 1.50 bits per heavy atom. The van der Waals surface area contributed by atoms with Crippen LogP contribution >= 0.6 is 15.9 Å². The number of benzene rings is 1. The van der Waals surface area contributed by atoms with Gasteiger partial charge in [-0.05, 0) is 31.0 Å². The number of carbonyl (C=O) groups is 1. The molecule has 0 spiro atoms. The summed E-state index contributed by atoms with van der Waals surface area (Å²) in [4.78, 5) is 11.3. The Balaban J connectivity index is 1.87. The Kier molecular flexibility index (Phi) is 3.43. The number of rotatable bonds is 3. The number of hydrogen-bond acceptors (Lipinski definition) is 1. The number of carbonyl (C=O) groups excluding carboxylic acids is 1. The lowest BCUT2D eigenvalue weighted by Gasteiger charge is -2.07. The average molecular weight is 287 g/mol. The summed E-state index contributed by atoms with van der Waals surface area (Å²) in [6.45, 7) is 0.198. The number of nitrogens with one attached hydrogen (secondary N) is 2. The van der Waals surface area contributed by atoms with Gasteiger partial charge in [0.05, 0.1) is 0 Å². The summed E-state index contributed by atoms with van der Waals surface area (Å²) in [5, 5.41) is 5.40. The summed E-state index contributed by atoms with van der Waals surface area (Å²) >= 11 is 3.26. The Labute approximate surface area is 102 Å². The molecule has 1 fully saturated rings. The summed E-state index contributed by atoms with van der Waals surface area (Å²) in [7, 11) is 0. The lowest BCUT2D eigenvalue weighted by Crippen LogP contribution is -2.36. The number of hydrogen-bond donors (Lipinski definition) is 2. The molecule has 3 nitrogen and oxygen atoms in total. The van der Waals surface area contributed by atoms with Crippen LogP contribution in [0.5, 0.6) is 0 Å². The van der Waals surface area contributed by atoms with Crippen molar-refractivity contribution >= 4 is 22.0 Å². The fourth-order valence-corrected chi connectivity index (χ4v) is 1.73. The molecule has 0 radical (unpaired) electrons. The van der Waals surface area contributed by atoms with Crippen LogP contribution in [0.4, 0.5) is 9.18 Å². The van der Waals surface area contributed by atoms with Crippen molar-refractivity contribution in [3.8, 4) is 0 Å². The van der Waals surface area contributed by atoms with E-state index in [2.05, 4.69) is 26.6 Å². The zero-order valence-electron chi connectivity index (χ0n) is 8.59. The smallest absolute Gasteiger partial charge is 0.315 e. The topological polar surface area (TPSA) is 41.1 Å². The van der Waals surface area contributed by atoms with Gasteiger partial charge in [-0.1, -0.05) is 15.9 Å². The molecule has 1 aromatic carbocycles. The van der Waals surface area contributed by atoms with Gasteiger partial charge in [0.2, 0.25) is 0 Å². The van der Waals surface area contributed by atoms with Gasteiger partial charge < -0.3 is 10.6 Å². The van der Waals surface area contributed by atoms with Crippen LogP contribution in [0.1, 0.15) is 18.4 Å². The van der Waals surface area contributed by atoms with Gasteiger partial charge in [-0.15, -0.1) is 0 Å². The molecular weight excluding hydrogens is 275 g/mol. The summed E-state index contributed by atoms with van der Waals surface area (Å²) in [5.74, 6) is -0.310. The van der Waals surface area contributed by atoms with Gasteiger partial charge in [0.25, 0.3) is 0 Å². The van der Waals surface area contributed by atoms with Crippen molar-refractivity contribution in [2.45, 2.75) is 25.4 Å². The standard InChI is InChI=1S/C11H12BrFN2O/c12-8-1-4-10(13)7(5-8)6-14-11(16)15-9-2-3-9/h1,4-5,9H,2-3,6H2,(H2,14,15,16). The van der Waals surface area contributed by atoms with E-state index in [1.54, 1.807) is 12.1 Å². The Morgan fingerprint density at radius 2 is 2.25 bits per heavy atom. The summed E-state index contributed by atoms with van der Waals surface area (Å²) < 4.78 is 14.1. The molecule has 5 heteroatoms. The first-order valence-corrected chi connectivity index (χ1v) is 5.93. The Bertz CT molecular complexity index is 407. The summed E-state index contributed by atoms with van der Waals surface area (Å²) in [5.41, 5.74) is 0.473. The van der Waals surface area contributed by atoms with E-state index in [9.17, 15) is 9.18 Å². The molecule has 1 aliphatic rings. The molecule has 0 saturated heterocycles. The molecule has 0 heterocycles. The molecule has 1 aliphatic carbocycles. The fraction of sp³-hybridized carbons (Fsp3) is 0.364. The Morgan fingerprint density at radius 3 is 2.94 bits per heavy atom. The first kappa shape index (κ1) is 11.4. The van der Waals surface area contributed by atoms with Crippen LogP contribution in [0.15, 0.2) is 22.7 Å². The second-order valence-corrected chi connectivity index (χ2v) is 4.75. The molecule has 0 bridgehead atoms. The quantitative estimate of drug-likeness (QED) is 0.881. The molecule has 1 aromatic rings. The SMILES string of the molecule is O=C(NCc1cc(Br)ccc1F)NC1CC1. The molecule has 0 unspecified atom stereocenters. The molecule has 0 aromatic heterocycles.